The van der Waals surface area contributed by atoms with Crippen LogP contribution in [-0.2, 0) is 20.9 Å². The van der Waals surface area contributed by atoms with Crippen molar-refractivity contribution >= 4 is 11.8 Å². The number of rotatable bonds is 6. The van der Waals surface area contributed by atoms with Gasteiger partial charge in [-0.05, 0) is 69.5 Å². The number of hydrogen-bond donors (Lipinski definition) is 2. The van der Waals surface area contributed by atoms with Crippen molar-refractivity contribution in [3.05, 3.63) is 35.4 Å². The molecule has 1 aromatic rings. The Labute approximate surface area is 227 Å². The first-order chi connectivity index (χ1) is 18.1. The van der Waals surface area contributed by atoms with Gasteiger partial charge in [-0.25, -0.2) is 8.78 Å². The molecule has 8 heteroatoms. The van der Waals surface area contributed by atoms with Gasteiger partial charge < -0.3 is 15.4 Å². The summed E-state index contributed by atoms with van der Waals surface area (Å²) < 4.78 is 33.5. The zero-order valence-corrected chi connectivity index (χ0v) is 23.7. The first kappa shape index (κ1) is 30.5. The first-order valence-electron chi connectivity index (χ1n) is 14.4. The molecule has 6 nitrogen and oxygen atoms in total. The minimum atomic E-state index is -0.594. The third kappa shape index (κ3) is 9.01. The summed E-state index contributed by atoms with van der Waals surface area (Å²) in [6.07, 6.45) is 6.25. The van der Waals surface area contributed by atoms with Crippen LogP contribution in [-0.4, -0.2) is 55.1 Å². The number of nitrogens with one attached hydrogen (secondary N) is 2. The van der Waals surface area contributed by atoms with Crippen molar-refractivity contribution in [3.63, 3.8) is 0 Å². The lowest BCUT2D eigenvalue weighted by Crippen LogP contribution is -2.56. The van der Waals surface area contributed by atoms with Crippen LogP contribution in [0, 0.1) is 28.9 Å². The maximum Gasteiger partial charge on any atom is 0.242 e. The number of carbonyl (C=O) groups excluding carboxylic acids is 2. The second kappa shape index (κ2) is 14.4. The Morgan fingerprint density at radius 1 is 0.974 bits per heavy atom. The van der Waals surface area contributed by atoms with Gasteiger partial charge in [-0.1, -0.05) is 46.6 Å². The van der Waals surface area contributed by atoms with Gasteiger partial charge in [0.05, 0.1) is 18.1 Å². The zero-order valence-electron chi connectivity index (χ0n) is 23.7. The minimum Gasteiger partial charge on any atom is -0.379 e. The molecule has 1 aromatic carbocycles. The van der Waals surface area contributed by atoms with Gasteiger partial charge in [0.2, 0.25) is 11.8 Å². The number of hydrogen-bond acceptors (Lipinski definition) is 4. The highest BCUT2D eigenvalue weighted by Gasteiger charge is 2.42. The summed E-state index contributed by atoms with van der Waals surface area (Å²) in [5, 5.41) is 6.32. The molecule has 2 atom stereocenters. The Morgan fingerprint density at radius 3 is 2.34 bits per heavy atom. The number of piperidine rings is 1. The normalized spacial score (nSPS) is 24.3. The summed E-state index contributed by atoms with van der Waals surface area (Å²) in [5.74, 6) is -0.647. The van der Waals surface area contributed by atoms with Gasteiger partial charge in [0.15, 0.2) is 0 Å². The fourth-order valence-corrected chi connectivity index (χ4v) is 5.74. The van der Waals surface area contributed by atoms with E-state index in [9.17, 15) is 18.4 Å². The maximum atomic E-state index is 14.2. The highest BCUT2D eigenvalue weighted by molar-refractivity contribution is 5.90. The highest BCUT2D eigenvalue weighted by atomic mass is 19.1. The molecular formula is C30H47F2N3O3. The molecule has 0 saturated carbocycles. The molecule has 2 aliphatic heterocycles. The predicted octanol–water partition coefficient (Wildman–Crippen LogP) is 5.20. The van der Waals surface area contributed by atoms with Crippen LogP contribution in [0.1, 0.15) is 84.6 Å². The molecule has 2 saturated heterocycles. The molecule has 2 aliphatic rings. The molecule has 0 aromatic heterocycles. The van der Waals surface area contributed by atoms with Crippen LogP contribution in [0.2, 0.25) is 0 Å². The SMILES string of the molecule is CC(C)C[C@H]1COCCCCCC2(CCN(Cc3ccc(F)cc3F)CC2)C(=O)N[C@@H](CC(C)C)C(=O)N1. The molecule has 3 rings (SSSR count). The molecular weight excluding hydrogens is 488 g/mol. The summed E-state index contributed by atoms with van der Waals surface area (Å²) in [6, 6.07) is 3.02. The molecule has 0 bridgehead atoms. The van der Waals surface area contributed by atoms with Crippen LogP contribution >= 0.6 is 0 Å². The highest BCUT2D eigenvalue weighted by Crippen LogP contribution is 2.38. The number of carbonyl (C=O) groups is 2. The molecule has 1 spiro atoms. The quantitative estimate of drug-likeness (QED) is 0.525. The molecule has 0 unspecified atom stereocenters. The summed E-state index contributed by atoms with van der Waals surface area (Å²) in [5.41, 5.74) is -0.0993. The van der Waals surface area contributed by atoms with E-state index >= 15 is 0 Å². The van der Waals surface area contributed by atoms with E-state index in [1.54, 1.807) is 0 Å². The van der Waals surface area contributed by atoms with E-state index in [4.69, 9.17) is 4.74 Å². The first-order valence-corrected chi connectivity index (χ1v) is 14.4. The van der Waals surface area contributed by atoms with Crippen LogP contribution in [0.3, 0.4) is 0 Å². The Morgan fingerprint density at radius 2 is 1.68 bits per heavy atom. The van der Waals surface area contributed by atoms with Crippen molar-refractivity contribution in [1.82, 2.24) is 15.5 Å². The van der Waals surface area contributed by atoms with Crippen LogP contribution in [0.5, 0.6) is 0 Å². The van der Waals surface area contributed by atoms with Gasteiger partial charge >= 0.3 is 0 Å². The number of nitrogens with zero attached hydrogens (tertiary/aromatic N) is 1. The minimum absolute atomic E-state index is 0.0420. The van der Waals surface area contributed by atoms with Gasteiger partial charge in [0.25, 0.3) is 0 Å². The number of halogens is 2. The molecule has 2 N–H and O–H groups in total. The van der Waals surface area contributed by atoms with Crippen LogP contribution in [0.4, 0.5) is 8.78 Å². The molecule has 38 heavy (non-hydrogen) atoms. The van der Waals surface area contributed by atoms with E-state index in [2.05, 4.69) is 43.2 Å². The van der Waals surface area contributed by atoms with Crippen molar-refractivity contribution in [3.8, 4) is 0 Å². The number of likely N-dealkylation sites (tertiary alicyclic amines) is 1. The summed E-state index contributed by atoms with van der Waals surface area (Å²) in [7, 11) is 0. The lowest BCUT2D eigenvalue weighted by atomic mass is 9.73. The van der Waals surface area contributed by atoms with E-state index in [-0.39, 0.29) is 23.8 Å². The van der Waals surface area contributed by atoms with E-state index in [1.807, 2.05) is 0 Å². The fourth-order valence-electron chi connectivity index (χ4n) is 5.74. The zero-order chi connectivity index (χ0) is 27.7. The van der Waals surface area contributed by atoms with E-state index < -0.39 is 23.1 Å². The molecule has 214 valence electrons. The van der Waals surface area contributed by atoms with E-state index in [0.717, 1.165) is 38.2 Å². The van der Waals surface area contributed by atoms with E-state index in [1.165, 1.54) is 12.1 Å². The second-order valence-corrected chi connectivity index (χ2v) is 12.2. The second-order valence-electron chi connectivity index (χ2n) is 12.2. The standard InChI is InChI=1S/C30H47F2N3O3/c1-21(2)16-25-20-38-15-7-5-6-10-30(29(37)34-27(17-22(3)4)28(36)33-25)11-13-35(14-12-30)19-23-8-9-24(31)18-26(23)32/h8-9,18,21-22,25,27H,5-7,10-17,19-20H2,1-4H3,(H,33,36)(H,34,37)/t25-,27-/m0/s1. The predicted molar refractivity (Wildman–Crippen MR) is 145 cm³/mol. The molecule has 0 aliphatic carbocycles. The average Bonchev–Trinajstić information content (AvgIpc) is 2.84. The fraction of sp³-hybridized carbons (Fsp3) is 0.733. The van der Waals surface area contributed by atoms with Crippen molar-refractivity contribution in [2.24, 2.45) is 17.3 Å². The molecule has 2 fully saturated rings. The lowest BCUT2D eigenvalue weighted by Gasteiger charge is -2.42. The third-order valence-corrected chi connectivity index (χ3v) is 7.90. The van der Waals surface area contributed by atoms with Crippen LogP contribution in [0.15, 0.2) is 18.2 Å². The number of ether oxygens (including phenoxy) is 1. The largest absolute Gasteiger partial charge is 0.379 e. The molecule has 2 amide bonds. The van der Waals surface area contributed by atoms with Gasteiger partial charge in [-0.15, -0.1) is 0 Å². The Balaban J connectivity index is 1.74. The van der Waals surface area contributed by atoms with Crippen LogP contribution in [0.25, 0.3) is 0 Å². The lowest BCUT2D eigenvalue weighted by molar-refractivity contribution is -0.139. The van der Waals surface area contributed by atoms with Crippen molar-refractivity contribution < 1.29 is 23.1 Å². The summed E-state index contributed by atoms with van der Waals surface area (Å²) >= 11 is 0. The Hall–Kier alpha value is -2.06. The monoisotopic (exact) mass is 535 g/mol. The number of benzene rings is 1. The van der Waals surface area contributed by atoms with Gasteiger partial charge in [0.1, 0.15) is 17.7 Å². The summed E-state index contributed by atoms with van der Waals surface area (Å²) in [4.78, 5) is 29.4. The van der Waals surface area contributed by atoms with Crippen LogP contribution < -0.4 is 10.6 Å². The van der Waals surface area contributed by atoms with Crippen molar-refractivity contribution in [1.29, 1.82) is 0 Å². The van der Waals surface area contributed by atoms with Gasteiger partial charge in [-0.2, -0.15) is 0 Å². The van der Waals surface area contributed by atoms with Crippen molar-refractivity contribution in [2.45, 2.75) is 97.7 Å². The smallest absolute Gasteiger partial charge is 0.242 e. The molecule has 2 heterocycles. The van der Waals surface area contributed by atoms with Gasteiger partial charge in [0, 0.05) is 24.8 Å². The maximum absolute atomic E-state index is 14.2. The number of amides is 2. The summed E-state index contributed by atoms with van der Waals surface area (Å²) in [6.45, 7) is 11.2. The Bertz CT molecular complexity index is 916. The topological polar surface area (TPSA) is 70.7 Å². The average molecular weight is 536 g/mol. The third-order valence-electron chi connectivity index (χ3n) is 7.90. The van der Waals surface area contributed by atoms with Gasteiger partial charge in [-0.3, -0.25) is 14.5 Å². The Kier molecular flexibility index (Phi) is 11.5. The van der Waals surface area contributed by atoms with Crippen molar-refractivity contribution in [2.75, 3.05) is 26.3 Å². The molecule has 0 radical (unpaired) electrons. The van der Waals surface area contributed by atoms with E-state index in [0.29, 0.717) is 63.6 Å².